The summed E-state index contributed by atoms with van der Waals surface area (Å²) >= 11 is 0. The van der Waals surface area contributed by atoms with Crippen LogP contribution in [0.4, 0.5) is 11.4 Å². The molecule has 386 valence electrons. The van der Waals surface area contributed by atoms with E-state index < -0.39 is 11.8 Å². The number of carbonyl (C=O) groups excluding carboxylic acids is 2. The molecule has 0 radical (unpaired) electrons. The number of anilines is 2. The van der Waals surface area contributed by atoms with E-state index in [1.807, 2.05) is 30.3 Å². The molecule has 76 heavy (non-hydrogen) atoms. The summed E-state index contributed by atoms with van der Waals surface area (Å²) in [7, 11) is 5.92. The zero-order valence-corrected chi connectivity index (χ0v) is 41.8. The van der Waals surface area contributed by atoms with Crippen LogP contribution >= 0.6 is 0 Å². The number of hydrogen-bond donors (Lipinski definition) is 4. The molecular formula is C60H52N2O14. The van der Waals surface area contributed by atoms with Gasteiger partial charge < -0.3 is 68.2 Å². The highest BCUT2D eigenvalue weighted by Crippen LogP contribution is 2.58. The number of phenolic OH excluding ortho intramolecular Hbond substituents is 2. The minimum Gasteiger partial charge on any atom is -0.502 e. The number of aromatic hydroxyl groups is 2. The molecule has 4 N–H and O–H groups in total. The Bertz CT molecular complexity index is 3420. The molecule has 7 aromatic carbocycles. The van der Waals surface area contributed by atoms with E-state index in [0.29, 0.717) is 35.0 Å². The molecule has 16 heteroatoms. The SMILES string of the molecule is COc1cc(-c2c3c(cc4c2OCO4)[C@@H](Nc2ccc(-c4ccc(-c5ccc(N[C@@H]6c7cc8c(cc7[C@@H](c7cc(OC)c(O)c(OC)c7)[C@H]7C(=O)OC[C@@H]76)OCO8)cc5)cc4)cc2)[C@H]2COC(=O)[C@@H]2C3)cc(OC)c1O. The molecule has 7 atom stereocenters. The van der Waals surface area contributed by atoms with E-state index in [1.54, 1.807) is 24.3 Å². The van der Waals surface area contributed by atoms with Crippen LogP contribution in [0.15, 0.2) is 115 Å². The number of carbonyl (C=O) groups is 2. The molecule has 4 aliphatic heterocycles. The van der Waals surface area contributed by atoms with Gasteiger partial charge in [-0.1, -0.05) is 48.5 Å². The minimum atomic E-state index is -0.555. The van der Waals surface area contributed by atoms with Crippen molar-refractivity contribution < 1.29 is 67.2 Å². The van der Waals surface area contributed by atoms with Gasteiger partial charge in [-0.25, -0.2) is 0 Å². The number of cyclic esters (lactones) is 2. The van der Waals surface area contributed by atoms with Crippen LogP contribution in [0.25, 0.3) is 33.4 Å². The molecule has 0 amide bonds. The summed E-state index contributed by atoms with van der Waals surface area (Å²) in [5.41, 5.74) is 11.8. The van der Waals surface area contributed by atoms with E-state index in [-0.39, 0.29) is 103 Å². The number of nitrogens with one attached hydrogen (secondary N) is 2. The molecule has 2 aliphatic carbocycles. The van der Waals surface area contributed by atoms with Crippen molar-refractivity contribution in [1.29, 1.82) is 0 Å². The van der Waals surface area contributed by atoms with Crippen molar-refractivity contribution in [2.24, 2.45) is 23.7 Å². The van der Waals surface area contributed by atoms with Crippen LogP contribution in [-0.4, -0.2) is 77.4 Å². The van der Waals surface area contributed by atoms with Crippen LogP contribution in [0.1, 0.15) is 45.8 Å². The molecule has 7 aromatic rings. The fourth-order valence-corrected chi connectivity index (χ4v) is 12.3. The summed E-state index contributed by atoms with van der Waals surface area (Å²) in [6, 6.07) is 37.3. The van der Waals surface area contributed by atoms with Gasteiger partial charge in [0.05, 0.1) is 65.6 Å². The van der Waals surface area contributed by atoms with E-state index in [0.717, 1.165) is 67.0 Å². The van der Waals surface area contributed by atoms with Crippen molar-refractivity contribution in [2.45, 2.75) is 24.4 Å². The van der Waals surface area contributed by atoms with Crippen molar-refractivity contribution in [2.75, 3.05) is 65.9 Å². The zero-order valence-electron chi connectivity index (χ0n) is 41.8. The summed E-state index contributed by atoms with van der Waals surface area (Å²) in [4.78, 5) is 27.1. The lowest BCUT2D eigenvalue weighted by atomic mass is 9.65. The second-order valence-corrected chi connectivity index (χ2v) is 19.8. The molecule has 2 fully saturated rings. The number of phenols is 2. The first-order valence-electron chi connectivity index (χ1n) is 25.1. The lowest BCUT2D eigenvalue weighted by Crippen LogP contribution is -2.37. The second-order valence-electron chi connectivity index (χ2n) is 19.8. The van der Waals surface area contributed by atoms with Crippen molar-refractivity contribution in [1.82, 2.24) is 0 Å². The smallest absolute Gasteiger partial charge is 0.310 e. The van der Waals surface area contributed by atoms with Crippen LogP contribution in [0.5, 0.6) is 57.5 Å². The predicted molar refractivity (Wildman–Crippen MR) is 278 cm³/mol. The van der Waals surface area contributed by atoms with Crippen molar-refractivity contribution >= 4 is 23.3 Å². The van der Waals surface area contributed by atoms with Crippen LogP contribution in [0.3, 0.4) is 0 Å². The van der Waals surface area contributed by atoms with E-state index in [9.17, 15) is 19.8 Å². The maximum absolute atomic E-state index is 13.8. The van der Waals surface area contributed by atoms with Gasteiger partial charge in [-0.3, -0.25) is 9.59 Å². The molecule has 0 bridgehead atoms. The monoisotopic (exact) mass is 1020 g/mol. The highest BCUT2D eigenvalue weighted by molar-refractivity contribution is 5.85. The molecule has 0 saturated carbocycles. The summed E-state index contributed by atoms with van der Waals surface area (Å²) in [5, 5.41) is 29.1. The van der Waals surface area contributed by atoms with Gasteiger partial charge in [0.25, 0.3) is 0 Å². The third-order valence-corrected chi connectivity index (χ3v) is 16.0. The minimum absolute atomic E-state index is 0.0457. The first kappa shape index (κ1) is 46.8. The van der Waals surface area contributed by atoms with Crippen molar-refractivity contribution in [3.05, 3.63) is 143 Å². The maximum Gasteiger partial charge on any atom is 0.310 e. The summed E-state index contributed by atoms with van der Waals surface area (Å²) in [6.45, 7) is 0.645. The normalized spacial score (nSPS) is 22.1. The summed E-state index contributed by atoms with van der Waals surface area (Å²) < 4.78 is 57.4. The summed E-state index contributed by atoms with van der Waals surface area (Å²) in [6.07, 6.45) is 0.436. The topological polar surface area (TPSA) is 191 Å². The first-order chi connectivity index (χ1) is 37.1. The molecular weight excluding hydrogens is 973 g/mol. The van der Waals surface area contributed by atoms with Crippen LogP contribution in [-0.2, 0) is 25.5 Å². The van der Waals surface area contributed by atoms with E-state index >= 15 is 0 Å². The molecule has 4 heterocycles. The van der Waals surface area contributed by atoms with Crippen LogP contribution in [0.2, 0.25) is 0 Å². The number of esters is 2. The fourth-order valence-electron chi connectivity index (χ4n) is 12.3. The van der Waals surface area contributed by atoms with E-state index in [1.165, 1.54) is 28.4 Å². The number of methoxy groups -OCH3 is 4. The predicted octanol–water partition coefficient (Wildman–Crippen LogP) is 10.2. The van der Waals surface area contributed by atoms with Gasteiger partial charge in [-0.2, -0.15) is 0 Å². The Hall–Kier alpha value is -8.92. The van der Waals surface area contributed by atoms with Crippen molar-refractivity contribution in [3.8, 4) is 90.9 Å². The lowest BCUT2D eigenvalue weighted by Gasteiger charge is -2.40. The maximum atomic E-state index is 13.8. The molecule has 2 saturated heterocycles. The van der Waals surface area contributed by atoms with E-state index in [4.69, 9.17) is 47.4 Å². The molecule has 13 rings (SSSR count). The van der Waals surface area contributed by atoms with Crippen LogP contribution < -0.4 is 48.5 Å². The number of rotatable bonds is 12. The van der Waals surface area contributed by atoms with Gasteiger partial charge in [0.15, 0.2) is 46.0 Å². The summed E-state index contributed by atoms with van der Waals surface area (Å²) in [5.74, 6) is 0.776. The number of benzene rings is 7. The van der Waals surface area contributed by atoms with Gasteiger partial charge in [-0.15, -0.1) is 0 Å². The fraction of sp³-hybridized carbons (Fsp3) is 0.267. The molecule has 0 unspecified atom stereocenters. The van der Waals surface area contributed by atoms with Gasteiger partial charge in [0.2, 0.25) is 25.1 Å². The van der Waals surface area contributed by atoms with Crippen LogP contribution in [0, 0.1) is 23.7 Å². The van der Waals surface area contributed by atoms with Gasteiger partial charge in [0, 0.05) is 34.7 Å². The third-order valence-electron chi connectivity index (χ3n) is 16.0. The van der Waals surface area contributed by atoms with Crippen molar-refractivity contribution in [3.63, 3.8) is 0 Å². The number of ether oxygens (including phenoxy) is 10. The zero-order chi connectivity index (χ0) is 51.9. The highest BCUT2D eigenvalue weighted by Gasteiger charge is 2.53. The Balaban J connectivity index is 0.748. The Morgan fingerprint density at radius 2 is 0.947 bits per heavy atom. The Kier molecular flexibility index (Phi) is 11.4. The number of hydrogen-bond acceptors (Lipinski definition) is 16. The highest BCUT2D eigenvalue weighted by atomic mass is 16.7. The Morgan fingerprint density at radius 1 is 0.487 bits per heavy atom. The molecule has 16 nitrogen and oxygen atoms in total. The van der Waals surface area contributed by atoms with Gasteiger partial charge in [0.1, 0.15) is 0 Å². The Labute approximate surface area is 436 Å². The Morgan fingerprint density at radius 3 is 1.51 bits per heavy atom. The molecule has 0 spiro atoms. The quantitative estimate of drug-likeness (QED) is 0.0845. The molecule has 0 aromatic heterocycles. The number of fused-ring (bicyclic) bond motifs is 6. The standard InChI is InChI=1S/C60H52N2O14/c1-67-46-17-33(18-47(68-2)56(46)63)51-38-22-44-45(74-27-73-44)23-39(38)55(43-26-72-60(66)53(43)51)62-36-15-11-32(12-16-36)30-7-5-29(6-8-30)31-9-13-35(14-10-31)61-54-40-24-50-58(76-28-75-50)52(37(40)21-41-42(54)25-71-59(41)65)34-19-48(69-3)57(64)49(20-34)70-4/h5-20,22-24,41-43,51,53-55,61-64H,21,25-28H2,1-4H3/t41-,42+,43+,51-,53+,54-,55-/m1/s1. The largest absolute Gasteiger partial charge is 0.502 e. The lowest BCUT2D eigenvalue weighted by molar-refractivity contribution is -0.142. The van der Waals surface area contributed by atoms with Gasteiger partial charge in [-0.05, 0) is 129 Å². The van der Waals surface area contributed by atoms with E-state index in [2.05, 4.69) is 71.3 Å². The third kappa shape index (κ3) is 7.64. The average Bonchev–Trinajstić information content (AvgIpc) is 4.40. The van der Waals surface area contributed by atoms with Gasteiger partial charge >= 0.3 is 11.9 Å². The average molecular weight is 1030 g/mol. The first-order valence-corrected chi connectivity index (χ1v) is 25.1. The second kappa shape index (κ2) is 18.5. The molecule has 6 aliphatic rings.